The van der Waals surface area contributed by atoms with Crippen LogP contribution in [0.25, 0.3) is 22.0 Å². The van der Waals surface area contributed by atoms with Crippen LogP contribution >= 0.6 is 0 Å². The molecule has 226 valence electrons. The average molecular weight is 624 g/mol. The summed E-state index contributed by atoms with van der Waals surface area (Å²) in [7, 11) is -4.41. The van der Waals surface area contributed by atoms with E-state index in [1.165, 1.54) is 6.20 Å². The number of ether oxygens (including phenoxy) is 1. The molecule has 1 N–H and O–H groups in total. The fourth-order valence-corrected chi connectivity index (χ4v) is 5.77. The Morgan fingerprint density at radius 3 is 2.44 bits per heavy atom. The van der Waals surface area contributed by atoms with Crippen LogP contribution in [0.1, 0.15) is 0 Å². The van der Waals surface area contributed by atoms with Gasteiger partial charge in [-0.1, -0.05) is 16.6 Å². The van der Waals surface area contributed by atoms with E-state index in [0.717, 1.165) is 55.8 Å². The summed E-state index contributed by atoms with van der Waals surface area (Å²) < 4.78 is 99.3. The summed E-state index contributed by atoms with van der Waals surface area (Å²) >= 11 is 0. The minimum Gasteiger partial charge on any atom is -0.479 e. The van der Waals surface area contributed by atoms with E-state index in [4.69, 9.17) is 4.74 Å². The average Bonchev–Trinajstić information content (AvgIpc) is 2.98. The Labute approximate surface area is 241 Å². The monoisotopic (exact) mass is 623 g/mol. The number of benzene rings is 2. The number of nitrogens with one attached hydrogen (secondary N) is 1. The van der Waals surface area contributed by atoms with Crippen LogP contribution in [0, 0.1) is 11.6 Å². The standard InChI is InChI=1S/C27H22F5N5O5S/c1-41-25-23(37(42-26(38)27(30,31)32)43(39,40)24-6-5-18(28)12-20(24)29)11-17(15-35-25)21-13-19-16(14-34-21)3-2-4-22(19)36-9-7-33-8-10-36/h2-6,11-15,33H,7-10H2,1H3. The molecule has 0 atom stereocenters. The summed E-state index contributed by atoms with van der Waals surface area (Å²) in [6.45, 7) is 3.02. The van der Waals surface area contributed by atoms with Gasteiger partial charge in [0.2, 0.25) is 5.88 Å². The SMILES string of the molecule is COc1ncc(-c2cc3c(N4CCNCC4)cccc3cn2)cc1N(OC(=O)C(F)(F)F)S(=O)(=O)c1ccc(F)cc1F. The molecular formula is C27H22F5N5O5S. The number of hydrogen-bond donors (Lipinski definition) is 1. The highest BCUT2D eigenvalue weighted by Crippen LogP contribution is 2.37. The number of methoxy groups -OCH3 is 1. The molecular weight excluding hydrogens is 601 g/mol. The molecule has 4 aromatic rings. The molecule has 0 bridgehead atoms. The van der Waals surface area contributed by atoms with Crippen LogP contribution in [0.15, 0.2) is 65.8 Å². The summed E-state index contributed by atoms with van der Waals surface area (Å²) in [5.74, 6) is -6.32. The van der Waals surface area contributed by atoms with E-state index in [2.05, 4.69) is 25.0 Å². The van der Waals surface area contributed by atoms with E-state index in [1.807, 2.05) is 18.2 Å². The molecule has 0 aliphatic carbocycles. The zero-order valence-electron chi connectivity index (χ0n) is 22.2. The minimum absolute atomic E-state index is 0.0932. The number of anilines is 2. The summed E-state index contributed by atoms with van der Waals surface area (Å²) in [4.78, 5) is 25.4. The molecule has 2 aromatic carbocycles. The van der Waals surface area contributed by atoms with E-state index < -0.39 is 54.7 Å². The van der Waals surface area contributed by atoms with Gasteiger partial charge in [-0.05, 0) is 30.3 Å². The molecule has 1 aliphatic heterocycles. The quantitative estimate of drug-likeness (QED) is 0.239. The molecule has 1 aliphatic rings. The third kappa shape index (κ3) is 6.01. The highest BCUT2D eigenvalue weighted by Gasteiger charge is 2.46. The van der Waals surface area contributed by atoms with Gasteiger partial charge in [0.1, 0.15) is 16.5 Å². The van der Waals surface area contributed by atoms with Gasteiger partial charge in [0.25, 0.3) is 10.0 Å². The number of carbonyl (C=O) groups excluding carboxylic acids is 1. The van der Waals surface area contributed by atoms with Gasteiger partial charge in [0, 0.05) is 66.7 Å². The van der Waals surface area contributed by atoms with Crippen LogP contribution in [0.5, 0.6) is 5.88 Å². The van der Waals surface area contributed by atoms with Crippen molar-refractivity contribution in [2.45, 2.75) is 11.1 Å². The first kappa shape index (κ1) is 29.9. The van der Waals surface area contributed by atoms with Crippen LogP contribution in [0.4, 0.5) is 33.3 Å². The van der Waals surface area contributed by atoms with Gasteiger partial charge in [-0.3, -0.25) is 4.98 Å². The fourth-order valence-electron chi connectivity index (χ4n) is 4.49. The number of alkyl halides is 3. The number of halogens is 5. The van der Waals surface area contributed by atoms with Crippen molar-refractivity contribution in [2.24, 2.45) is 0 Å². The van der Waals surface area contributed by atoms with Crippen molar-refractivity contribution < 1.29 is 44.7 Å². The predicted molar refractivity (Wildman–Crippen MR) is 145 cm³/mol. The number of nitrogens with zero attached hydrogens (tertiary/aromatic N) is 4. The molecule has 1 saturated heterocycles. The zero-order chi connectivity index (χ0) is 30.9. The van der Waals surface area contributed by atoms with Gasteiger partial charge >= 0.3 is 12.1 Å². The fraction of sp³-hybridized carbons (Fsp3) is 0.222. The van der Waals surface area contributed by atoms with Crippen molar-refractivity contribution in [3.63, 3.8) is 0 Å². The van der Waals surface area contributed by atoms with Crippen LogP contribution in [0.3, 0.4) is 0 Å². The molecule has 0 saturated carbocycles. The predicted octanol–water partition coefficient (Wildman–Crippen LogP) is 4.21. The van der Waals surface area contributed by atoms with E-state index >= 15 is 0 Å². The molecule has 5 rings (SSSR count). The second-order valence-electron chi connectivity index (χ2n) is 9.24. The maximum absolute atomic E-state index is 14.6. The van der Waals surface area contributed by atoms with Crippen molar-refractivity contribution in [2.75, 3.05) is 42.7 Å². The topological polar surface area (TPSA) is 114 Å². The number of sulfonamides is 1. The Balaban J connectivity index is 1.66. The van der Waals surface area contributed by atoms with Gasteiger partial charge < -0.3 is 19.8 Å². The first-order chi connectivity index (χ1) is 20.4. The van der Waals surface area contributed by atoms with E-state index in [-0.39, 0.29) is 17.3 Å². The van der Waals surface area contributed by atoms with Crippen molar-refractivity contribution in [1.29, 1.82) is 0 Å². The number of carbonyl (C=O) groups is 1. The van der Waals surface area contributed by atoms with Crippen molar-refractivity contribution in [3.05, 3.63) is 72.6 Å². The Hall–Kier alpha value is -4.57. The Kier molecular flexibility index (Phi) is 8.07. The highest BCUT2D eigenvalue weighted by molar-refractivity contribution is 7.92. The van der Waals surface area contributed by atoms with Crippen LogP contribution in [-0.4, -0.2) is 63.8 Å². The Morgan fingerprint density at radius 1 is 1.02 bits per heavy atom. The molecule has 0 spiro atoms. The molecule has 16 heteroatoms. The smallest absolute Gasteiger partial charge is 0.479 e. The number of piperazine rings is 1. The highest BCUT2D eigenvalue weighted by atomic mass is 32.2. The maximum Gasteiger partial charge on any atom is 0.493 e. The Morgan fingerprint density at radius 2 is 1.77 bits per heavy atom. The first-order valence-electron chi connectivity index (χ1n) is 12.6. The van der Waals surface area contributed by atoms with E-state index in [0.29, 0.717) is 12.1 Å². The van der Waals surface area contributed by atoms with Gasteiger partial charge in [0.15, 0.2) is 5.69 Å². The third-order valence-electron chi connectivity index (χ3n) is 6.50. The zero-order valence-corrected chi connectivity index (χ0v) is 23.0. The van der Waals surface area contributed by atoms with Crippen LogP contribution in [-0.2, 0) is 19.7 Å². The van der Waals surface area contributed by atoms with Crippen molar-refractivity contribution in [1.82, 2.24) is 15.3 Å². The molecule has 10 nitrogen and oxygen atoms in total. The Bertz CT molecular complexity index is 1800. The van der Waals surface area contributed by atoms with Crippen molar-refractivity contribution >= 4 is 38.1 Å². The molecule has 2 aromatic heterocycles. The van der Waals surface area contributed by atoms with Crippen LogP contribution in [0.2, 0.25) is 0 Å². The van der Waals surface area contributed by atoms with Crippen molar-refractivity contribution in [3.8, 4) is 17.1 Å². The van der Waals surface area contributed by atoms with Gasteiger partial charge in [0.05, 0.1) is 12.8 Å². The largest absolute Gasteiger partial charge is 0.493 e. The number of aromatic nitrogens is 2. The van der Waals surface area contributed by atoms with E-state index in [9.17, 15) is 35.2 Å². The second kappa shape index (κ2) is 11.6. The summed E-state index contributed by atoms with van der Waals surface area (Å²) in [5.41, 5.74) is 0.424. The molecule has 0 amide bonds. The third-order valence-corrected chi connectivity index (χ3v) is 8.10. The first-order valence-corrected chi connectivity index (χ1v) is 14.0. The number of pyridine rings is 2. The lowest BCUT2D eigenvalue weighted by Gasteiger charge is -2.30. The molecule has 0 unspecified atom stereocenters. The normalized spacial score (nSPS) is 14.0. The maximum atomic E-state index is 14.6. The number of rotatable bonds is 7. The number of hydrogen-bond acceptors (Lipinski definition) is 9. The lowest BCUT2D eigenvalue weighted by Crippen LogP contribution is -2.43. The van der Waals surface area contributed by atoms with Gasteiger partial charge in [-0.15, -0.1) is 0 Å². The summed E-state index contributed by atoms with van der Waals surface area (Å²) in [6, 6.07) is 9.60. The molecule has 3 heterocycles. The lowest BCUT2D eigenvalue weighted by atomic mass is 10.1. The second-order valence-corrected chi connectivity index (χ2v) is 11.0. The molecule has 0 radical (unpaired) electrons. The number of fused-ring (bicyclic) bond motifs is 1. The van der Waals surface area contributed by atoms with Crippen LogP contribution < -0.4 is 19.4 Å². The lowest BCUT2D eigenvalue weighted by molar-refractivity contribution is -0.199. The van der Waals surface area contributed by atoms with Gasteiger partial charge in [-0.25, -0.2) is 18.6 Å². The minimum atomic E-state index is -5.65. The van der Waals surface area contributed by atoms with Gasteiger partial charge in [-0.2, -0.15) is 21.6 Å². The summed E-state index contributed by atoms with van der Waals surface area (Å²) in [5, 5.41) is 4.85. The summed E-state index contributed by atoms with van der Waals surface area (Å²) in [6.07, 6.45) is -2.86. The molecule has 43 heavy (non-hydrogen) atoms. The molecule has 1 fully saturated rings. The van der Waals surface area contributed by atoms with E-state index in [1.54, 1.807) is 12.3 Å².